The van der Waals surface area contributed by atoms with Crippen molar-refractivity contribution in [3.8, 4) is 5.54 Å². The molecule has 1 saturated carbocycles. The Labute approximate surface area is 290 Å². The number of hydrogen-bond acceptors (Lipinski definition) is 0. The van der Waals surface area contributed by atoms with Crippen LogP contribution in [0.4, 0.5) is 0 Å². The van der Waals surface area contributed by atoms with E-state index < -0.39 is 8.07 Å². The summed E-state index contributed by atoms with van der Waals surface area (Å²) in [6.07, 6.45) is 9.08. The van der Waals surface area contributed by atoms with E-state index in [0.29, 0.717) is 0 Å². The van der Waals surface area contributed by atoms with E-state index in [0.717, 1.165) is 29.6 Å². The topological polar surface area (TPSA) is 0 Å². The molecule has 4 aromatic rings. The Morgan fingerprint density at radius 3 is 0.800 bits per heavy atom. The van der Waals surface area contributed by atoms with Gasteiger partial charge in [-0.15, -0.1) is 0 Å². The van der Waals surface area contributed by atoms with Crippen molar-refractivity contribution in [1.82, 2.24) is 0 Å². The van der Waals surface area contributed by atoms with Gasteiger partial charge >= 0.3 is 17.1 Å². The van der Waals surface area contributed by atoms with Crippen LogP contribution in [-0.2, 0) is 17.1 Å². The smallest absolute Gasteiger partial charge is 0.701 e. The quantitative estimate of drug-likeness (QED) is 0.0784. The zero-order valence-corrected chi connectivity index (χ0v) is 32.5. The third-order valence-electron chi connectivity index (χ3n) is 9.34. The average Bonchev–Trinajstić information content (AvgIpc) is 3.22. The van der Waals surface area contributed by atoms with E-state index in [9.17, 15) is 0 Å². The molecule has 238 valence electrons. The molecule has 1 fully saturated rings. The van der Waals surface area contributed by atoms with Gasteiger partial charge in [-0.2, -0.15) is 0 Å². The van der Waals surface area contributed by atoms with E-state index in [-0.39, 0.29) is 32.9 Å². The third-order valence-corrected chi connectivity index (χ3v) is 15.5. The summed E-state index contributed by atoms with van der Waals surface area (Å²) < 4.78 is 0. The van der Waals surface area contributed by atoms with E-state index in [1.165, 1.54) is 33.5 Å². The molecule has 0 radical (unpaired) electrons. The van der Waals surface area contributed by atoms with Gasteiger partial charge in [0, 0.05) is 0 Å². The first kappa shape index (κ1) is 39.2. The van der Waals surface area contributed by atoms with Crippen molar-refractivity contribution < 1.29 is 17.1 Å². The van der Waals surface area contributed by atoms with Gasteiger partial charge in [-0.3, -0.25) is 0 Å². The van der Waals surface area contributed by atoms with Crippen molar-refractivity contribution in [1.29, 1.82) is 0 Å². The van der Waals surface area contributed by atoms with Gasteiger partial charge in [-0.1, -0.05) is 176 Å². The fourth-order valence-electron chi connectivity index (χ4n) is 5.84. The van der Waals surface area contributed by atoms with Crippen molar-refractivity contribution in [3.63, 3.8) is 0 Å². The SMILES string of the molecule is CC1C(C)C(C)C(C)C1C.[C-]#C[Si](C)(C)C.[Fe+2].c1ccc(P(CCP(c2ccccc2)c2ccccc2)c2ccccc2)cc1. The van der Waals surface area contributed by atoms with Crippen LogP contribution in [0.5, 0.6) is 0 Å². The standard InChI is InChI=1S/C26H24P2.C10H20.C5H9Si.Fe/c1-5-13-23(14-6-1)27(24-15-7-2-8-16-24)21-22-28(25-17-9-3-10-18-25)26-19-11-4-12-20-26;1-6-7(2)9(4)10(5)8(6)3;1-5-6(2,3)4;/h1-20H,21-22H2;6-10H,1-5H3;2-4H3;/q;;-1;+2. The fourth-order valence-corrected chi connectivity index (χ4v) is 11.2. The van der Waals surface area contributed by atoms with Crippen LogP contribution in [0.25, 0.3) is 0 Å². The molecule has 5 rings (SSSR count). The van der Waals surface area contributed by atoms with Crippen LogP contribution in [0.1, 0.15) is 34.6 Å². The average molecular weight is 692 g/mol. The largest absolute Gasteiger partial charge is 2.00 e. The van der Waals surface area contributed by atoms with Gasteiger partial charge in [-0.05, 0) is 79.0 Å². The number of rotatable bonds is 7. The van der Waals surface area contributed by atoms with Crippen molar-refractivity contribution in [3.05, 3.63) is 128 Å². The van der Waals surface area contributed by atoms with Crippen LogP contribution in [0.3, 0.4) is 0 Å². The molecule has 1 aliphatic carbocycles. The Hall–Kier alpha value is -1.96. The van der Waals surface area contributed by atoms with E-state index in [1.54, 1.807) is 0 Å². The summed E-state index contributed by atoms with van der Waals surface area (Å²) in [4.78, 5) is 0. The minimum Gasteiger partial charge on any atom is -0.701 e. The Bertz CT molecular complexity index is 1180. The molecular weight excluding hydrogens is 638 g/mol. The molecular formula is C41H53FeP2Si+. The fraction of sp³-hybridized carbons (Fsp3) is 0.366. The Kier molecular flexibility index (Phi) is 17.1. The molecule has 0 aliphatic heterocycles. The van der Waals surface area contributed by atoms with E-state index in [1.807, 2.05) is 0 Å². The monoisotopic (exact) mass is 691 g/mol. The first-order valence-corrected chi connectivity index (χ1v) is 22.8. The summed E-state index contributed by atoms with van der Waals surface area (Å²) in [6.45, 7) is 18.2. The van der Waals surface area contributed by atoms with Crippen molar-refractivity contribution >= 4 is 45.1 Å². The molecule has 0 saturated heterocycles. The molecule has 0 aromatic heterocycles. The molecule has 4 aromatic carbocycles. The van der Waals surface area contributed by atoms with Gasteiger partial charge in [-0.25, -0.2) is 0 Å². The predicted molar refractivity (Wildman–Crippen MR) is 204 cm³/mol. The van der Waals surface area contributed by atoms with Crippen LogP contribution in [-0.4, -0.2) is 20.4 Å². The predicted octanol–water partition coefficient (Wildman–Crippen LogP) is 9.88. The van der Waals surface area contributed by atoms with Gasteiger partial charge < -0.3 is 12.0 Å². The van der Waals surface area contributed by atoms with Gasteiger partial charge in [0.05, 0.1) is 8.07 Å². The number of hydrogen-bond donors (Lipinski definition) is 0. The van der Waals surface area contributed by atoms with Crippen molar-refractivity contribution in [2.24, 2.45) is 29.6 Å². The van der Waals surface area contributed by atoms with E-state index >= 15 is 0 Å². The molecule has 0 atom stereocenters. The first-order valence-electron chi connectivity index (χ1n) is 16.2. The second kappa shape index (κ2) is 19.6. The van der Waals surface area contributed by atoms with Gasteiger partial charge in [0.2, 0.25) is 0 Å². The van der Waals surface area contributed by atoms with Crippen LogP contribution in [0.15, 0.2) is 121 Å². The first-order chi connectivity index (χ1) is 21.0. The molecule has 0 heterocycles. The summed E-state index contributed by atoms with van der Waals surface area (Å²) in [5.74, 6) is 4.68. The van der Waals surface area contributed by atoms with Gasteiger partial charge in [0.25, 0.3) is 0 Å². The Balaban J connectivity index is 0.000000343. The number of benzene rings is 4. The minimum absolute atomic E-state index is 0. The van der Waals surface area contributed by atoms with Crippen LogP contribution >= 0.6 is 15.8 Å². The summed E-state index contributed by atoms with van der Waals surface area (Å²) >= 11 is 0. The second-order valence-corrected chi connectivity index (χ2v) is 22.7. The van der Waals surface area contributed by atoms with E-state index in [2.05, 4.69) is 181 Å². The van der Waals surface area contributed by atoms with Crippen molar-refractivity contribution in [2.75, 3.05) is 12.3 Å². The minimum atomic E-state index is -1.21. The van der Waals surface area contributed by atoms with Gasteiger partial charge in [0.1, 0.15) is 0 Å². The maximum atomic E-state index is 6.67. The second-order valence-electron chi connectivity index (χ2n) is 13.3. The molecule has 0 spiro atoms. The normalized spacial score (nSPS) is 20.6. The summed E-state index contributed by atoms with van der Waals surface area (Å²) in [6, 6.07) is 44.2. The van der Waals surface area contributed by atoms with Crippen LogP contribution in [0, 0.1) is 41.6 Å². The molecule has 0 amide bonds. The summed E-state index contributed by atoms with van der Waals surface area (Å²) in [5.41, 5.74) is 2.49. The maximum absolute atomic E-state index is 6.67. The molecule has 0 bridgehead atoms. The Morgan fingerprint density at radius 2 is 0.644 bits per heavy atom. The zero-order chi connectivity index (χ0) is 32.1. The summed E-state index contributed by atoms with van der Waals surface area (Å²) in [7, 11) is -1.91. The molecule has 0 nitrogen and oxygen atoms in total. The zero-order valence-electron chi connectivity index (χ0n) is 28.6. The van der Waals surface area contributed by atoms with Crippen molar-refractivity contribution in [2.45, 2.75) is 54.3 Å². The maximum Gasteiger partial charge on any atom is 2.00 e. The van der Waals surface area contributed by atoms with Crippen LogP contribution in [0.2, 0.25) is 19.6 Å². The van der Waals surface area contributed by atoms with E-state index in [4.69, 9.17) is 6.42 Å². The summed E-state index contributed by atoms with van der Waals surface area (Å²) in [5, 5.41) is 5.89. The van der Waals surface area contributed by atoms with Crippen LogP contribution < -0.4 is 21.2 Å². The molecule has 0 unspecified atom stereocenters. The van der Waals surface area contributed by atoms with Gasteiger partial charge in [0.15, 0.2) is 0 Å². The Morgan fingerprint density at radius 1 is 0.467 bits per heavy atom. The molecule has 1 aliphatic rings. The molecule has 45 heavy (non-hydrogen) atoms. The molecule has 0 N–H and O–H groups in total. The molecule has 4 heteroatoms. The third kappa shape index (κ3) is 12.3.